The fourth-order valence-corrected chi connectivity index (χ4v) is 5.71. The van der Waals surface area contributed by atoms with Gasteiger partial charge in [-0.3, -0.25) is 0 Å². The Labute approximate surface area is 214 Å². The molecule has 0 radical (unpaired) electrons. The van der Waals surface area contributed by atoms with Gasteiger partial charge in [-0.25, -0.2) is 0 Å². The Hall–Kier alpha value is -4.36. The summed E-state index contributed by atoms with van der Waals surface area (Å²) >= 11 is 0. The van der Waals surface area contributed by atoms with E-state index in [9.17, 15) is 30.6 Å². The third-order valence-corrected chi connectivity index (χ3v) is 7.05. The molecule has 0 spiro atoms. The highest BCUT2D eigenvalue weighted by molar-refractivity contribution is 5.61. The van der Waals surface area contributed by atoms with Crippen LogP contribution >= 0.6 is 0 Å². The van der Waals surface area contributed by atoms with Crippen LogP contribution in [-0.2, 0) is 4.74 Å². The molecule has 4 atom stereocenters. The molecule has 0 aromatic heterocycles. The van der Waals surface area contributed by atoms with E-state index >= 15 is 0 Å². The van der Waals surface area contributed by atoms with Crippen LogP contribution in [0.2, 0.25) is 0 Å². The van der Waals surface area contributed by atoms with Gasteiger partial charge in [0.1, 0.15) is 34.5 Å². The van der Waals surface area contributed by atoms with Gasteiger partial charge in [-0.1, -0.05) is 24.3 Å². The number of phenolic OH excluding ortho intramolecular Hbond substituents is 6. The zero-order valence-corrected chi connectivity index (χ0v) is 20.1. The summed E-state index contributed by atoms with van der Waals surface area (Å²) in [5, 5.41) is 62.2. The minimum Gasteiger partial charge on any atom is -0.508 e. The average Bonchev–Trinajstić information content (AvgIpc) is 3.18. The lowest BCUT2D eigenvalue weighted by Crippen LogP contribution is -2.20. The lowest BCUT2D eigenvalue weighted by molar-refractivity contribution is 0.0362. The second-order valence-corrected chi connectivity index (χ2v) is 9.34. The molecule has 1 aliphatic carbocycles. The Balaban J connectivity index is 1.81. The molecule has 7 heteroatoms. The first-order valence-corrected chi connectivity index (χ1v) is 12.0. The first kappa shape index (κ1) is 24.3. The van der Waals surface area contributed by atoms with Crippen molar-refractivity contribution in [2.75, 3.05) is 6.61 Å². The fraction of sp³-hybridized carbons (Fsp3) is 0.200. The van der Waals surface area contributed by atoms with E-state index in [0.717, 1.165) is 11.1 Å². The monoisotopic (exact) mass is 500 g/mol. The fourth-order valence-electron chi connectivity index (χ4n) is 5.71. The maximum Gasteiger partial charge on any atom is 0.123 e. The number of hydrogen-bond acceptors (Lipinski definition) is 7. The maximum absolute atomic E-state index is 11.1. The second-order valence-electron chi connectivity index (χ2n) is 9.34. The molecule has 0 fully saturated rings. The van der Waals surface area contributed by atoms with E-state index in [1.165, 1.54) is 12.1 Å². The van der Waals surface area contributed by atoms with Gasteiger partial charge in [0.05, 0.1) is 6.10 Å². The van der Waals surface area contributed by atoms with E-state index in [-0.39, 0.29) is 34.5 Å². The van der Waals surface area contributed by atoms with Crippen LogP contribution in [0, 0.1) is 0 Å². The Bertz CT molecular complexity index is 1390. The molecular formula is C30H28O7. The van der Waals surface area contributed by atoms with Crippen LogP contribution in [0.25, 0.3) is 0 Å². The molecule has 0 bridgehead atoms. The van der Waals surface area contributed by atoms with E-state index in [0.29, 0.717) is 23.3 Å². The zero-order chi connectivity index (χ0) is 26.3. The normalized spacial score (nSPS) is 19.4. The topological polar surface area (TPSA) is 131 Å². The second kappa shape index (κ2) is 9.59. The lowest BCUT2D eigenvalue weighted by atomic mass is 9.74. The molecule has 0 amide bonds. The van der Waals surface area contributed by atoms with Gasteiger partial charge >= 0.3 is 0 Å². The third kappa shape index (κ3) is 4.49. The summed E-state index contributed by atoms with van der Waals surface area (Å²) in [6, 6.07) is 20.7. The molecule has 7 nitrogen and oxygen atoms in total. The highest BCUT2D eigenvalue weighted by Gasteiger charge is 2.48. The summed E-state index contributed by atoms with van der Waals surface area (Å²) < 4.78 is 6.29. The molecule has 190 valence electrons. The van der Waals surface area contributed by atoms with Crippen molar-refractivity contribution in [3.63, 3.8) is 0 Å². The number of ether oxygens (including phenoxy) is 1. The molecule has 1 aliphatic rings. The molecule has 0 saturated heterocycles. The molecule has 37 heavy (non-hydrogen) atoms. The van der Waals surface area contributed by atoms with Crippen molar-refractivity contribution in [3.8, 4) is 34.5 Å². The predicted molar refractivity (Wildman–Crippen MR) is 137 cm³/mol. The van der Waals surface area contributed by atoms with Crippen molar-refractivity contribution < 1.29 is 35.4 Å². The van der Waals surface area contributed by atoms with Crippen molar-refractivity contribution in [3.05, 3.63) is 107 Å². The summed E-state index contributed by atoms with van der Waals surface area (Å²) in [5.74, 6) is -1.63. The van der Waals surface area contributed by atoms with Crippen LogP contribution in [-0.4, -0.2) is 37.2 Å². The van der Waals surface area contributed by atoms with Crippen LogP contribution in [0.15, 0.2) is 78.9 Å². The van der Waals surface area contributed by atoms with Crippen molar-refractivity contribution >= 4 is 0 Å². The molecule has 0 unspecified atom stereocenters. The van der Waals surface area contributed by atoms with Crippen molar-refractivity contribution in [2.24, 2.45) is 0 Å². The Morgan fingerprint density at radius 2 is 1.22 bits per heavy atom. The summed E-state index contributed by atoms with van der Waals surface area (Å²) in [6.45, 7) is 2.24. The van der Waals surface area contributed by atoms with Gasteiger partial charge in [0.2, 0.25) is 0 Å². The van der Waals surface area contributed by atoms with Crippen LogP contribution < -0.4 is 0 Å². The number of rotatable bonds is 6. The van der Waals surface area contributed by atoms with Crippen LogP contribution in [0.5, 0.6) is 34.5 Å². The first-order chi connectivity index (χ1) is 17.8. The van der Waals surface area contributed by atoms with Crippen LogP contribution in [0.4, 0.5) is 0 Å². The van der Waals surface area contributed by atoms with E-state index in [4.69, 9.17) is 4.74 Å². The van der Waals surface area contributed by atoms with Gasteiger partial charge < -0.3 is 35.4 Å². The highest BCUT2D eigenvalue weighted by atomic mass is 16.5. The van der Waals surface area contributed by atoms with E-state index in [1.54, 1.807) is 66.7 Å². The molecule has 4 aromatic carbocycles. The average molecular weight is 501 g/mol. The van der Waals surface area contributed by atoms with E-state index in [2.05, 4.69) is 0 Å². The van der Waals surface area contributed by atoms with Gasteiger partial charge in [-0.15, -0.1) is 0 Å². The molecule has 5 rings (SSSR count). The van der Waals surface area contributed by atoms with Crippen molar-refractivity contribution in [2.45, 2.75) is 30.8 Å². The number of aromatic hydroxyl groups is 6. The largest absolute Gasteiger partial charge is 0.508 e. The quantitative estimate of drug-likeness (QED) is 0.200. The minimum absolute atomic E-state index is 0.0918. The lowest BCUT2D eigenvalue weighted by Gasteiger charge is -2.33. The van der Waals surface area contributed by atoms with Gasteiger partial charge in [-0.2, -0.15) is 0 Å². The Morgan fingerprint density at radius 3 is 1.81 bits per heavy atom. The molecule has 0 saturated carbocycles. The van der Waals surface area contributed by atoms with Gasteiger partial charge in [0.15, 0.2) is 0 Å². The summed E-state index contributed by atoms with van der Waals surface area (Å²) in [4.78, 5) is 0. The molecule has 0 heterocycles. The Kier molecular flexibility index (Phi) is 6.31. The standard InChI is InChI=1S/C30H28O7/c1-2-37-30(17-5-9-20(32)10-6-17)29-24-14-23(35)15-25(36)28(24)26(16-3-7-19(31)8-4-16)27(29)18-11-21(33)13-22(34)12-18/h3-15,26-27,29-36H,2H2,1H3/t26-,27-,29-,30-/m1/s1. The van der Waals surface area contributed by atoms with Crippen molar-refractivity contribution in [1.82, 2.24) is 0 Å². The third-order valence-electron chi connectivity index (χ3n) is 7.05. The summed E-state index contributed by atoms with van der Waals surface area (Å²) in [5.41, 5.74) is 3.43. The first-order valence-electron chi connectivity index (χ1n) is 12.0. The van der Waals surface area contributed by atoms with Gasteiger partial charge in [-0.05, 0) is 71.6 Å². The SMILES string of the molecule is CCO[C@H](c1ccc(O)cc1)[C@@H]1c2cc(O)cc(O)c2[C@H](c2ccc(O)cc2)[C@H]1c1cc(O)cc(O)c1. The van der Waals surface area contributed by atoms with Crippen LogP contribution in [0.1, 0.15) is 58.6 Å². The smallest absolute Gasteiger partial charge is 0.123 e. The van der Waals surface area contributed by atoms with Gasteiger partial charge in [0.25, 0.3) is 0 Å². The number of hydrogen-bond donors (Lipinski definition) is 6. The summed E-state index contributed by atoms with van der Waals surface area (Å²) in [7, 11) is 0. The number of benzene rings is 4. The molecular weight excluding hydrogens is 472 g/mol. The van der Waals surface area contributed by atoms with Gasteiger partial charge in [0, 0.05) is 42.1 Å². The molecule has 4 aromatic rings. The maximum atomic E-state index is 11.1. The van der Waals surface area contributed by atoms with Crippen molar-refractivity contribution in [1.29, 1.82) is 0 Å². The Morgan fingerprint density at radius 1 is 0.649 bits per heavy atom. The highest BCUT2D eigenvalue weighted by Crippen LogP contribution is 2.62. The molecule has 6 N–H and O–H groups in total. The number of fused-ring (bicyclic) bond motifs is 1. The zero-order valence-electron chi connectivity index (χ0n) is 20.1. The number of phenols is 6. The molecule has 0 aliphatic heterocycles. The van der Waals surface area contributed by atoms with E-state index < -0.39 is 23.9 Å². The minimum atomic E-state index is -0.567. The summed E-state index contributed by atoms with van der Waals surface area (Å²) in [6.07, 6.45) is -0.567. The predicted octanol–water partition coefficient (Wildman–Crippen LogP) is 5.71. The van der Waals surface area contributed by atoms with Crippen LogP contribution in [0.3, 0.4) is 0 Å². The van der Waals surface area contributed by atoms with E-state index in [1.807, 2.05) is 6.92 Å².